The third-order valence-electron chi connectivity index (χ3n) is 2.94. The summed E-state index contributed by atoms with van der Waals surface area (Å²) in [6.07, 6.45) is -1.04. The Morgan fingerprint density at radius 2 is 1.79 bits per heavy atom. The summed E-state index contributed by atoms with van der Waals surface area (Å²) >= 11 is 0. The Bertz CT molecular complexity index is 421. The highest BCUT2D eigenvalue weighted by Crippen LogP contribution is 2.16. The Labute approximate surface area is 116 Å². The van der Waals surface area contributed by atoms with E-state index < -0.39 is 25.7 Å². The van der Waals surface area contributed by atoms with Gasteiger partial charge in [0, 0.05) is 0 Å². The van der Waals surface area contributed by atoms with E-state index in [1.807, 2.05) is 18.2 Å². The average Bonchev–Trinajstić information content (AvgIpc) is 2.27. The molecule has 3 nitrogen and oxygen atoms in total. The van der Waals surface area contributed by atoms with Gasteiger partial charge in [-0.05, 0) is 26.8 Å². The van der Waals surface area contributed by atoms with Crippen LogP contribution in [-0.2, 0) is 9.53 Å². The minimum absolute atomic E-state index is 0.478. The lowest BCUT2D eigenvalue weighted by Gasteiger charge is -2.27. The first-order valence-corrected chi connectivity index (χ1v) is 9.79. The number of hydrogen-bond acceptors (Lipinski definition) is 3. The van der Waals surface area contributed by atoms with Crippen LogP contribution >= 0.6 is 0 Å². The number of carbonyl (C=O) groups is 1. The molecule has 1 rings (SSSR count). The molecule has 0 fully saturated rings. The zero-order chi connectivity index (χ0) is 14.7. The van der Waals surface area contributed by atoms with Crippen molar-refractivity contribution in [2.45, 2.75) is 51.6 Å². The normalized spacial score (nSPS) is 14.0. The second-order valence-corrected chi connectivity index (χ2v) is 11.3. The van der Waals surface area contributed by atoms with Crippen LogP contribution in [-0.4, -0.2) is 30.9 Å². The van der Waals surface area contributed by atoms with Crippen molar-refractivity contribution in [1.29, 1.82) is 0 Å². The molecule has 1 N–H and O–H groups in total. The SMILES string of the molecule is CC(C)(C)OC(=O)C(O)C[Si](C)(C)c1ccccc1. The van der Waals surface area contributed by atoms with Crippen molar-refractivity contribution in [3.05, 3.63) is 30.3 Å². The molecule has 1 atom stereocenters. The third kappa shape index (κ3) is 5.16. The lowest BCUT2D eigenvalue weighted by atomic mass is 10.2. The van der Waals surface area contributed by atoms with Crippen molar-refractivity contribution in [2.24, 2.45) is 0 Å². The van der Waals surface area contributed by atoms with Gasteiger partial charge in [0.2, 0.25) is 0 Å². The first-order chi connectivity index (χ1) is 8.62. The topological polar surface area (TPSA) is 46.5 Å². The van der Waals surface area contributed by atoms with Crippen LogP contribution in [0.25, 0.3) is 0 Å². The predicted molar refractivity (Wildman–Crippen MR) is 80.2 cm³/mol. The number of carbonyl (C=O) groups excluding carboxylic acids is 1. The molecule has 0 bridgehead atoms. The highest BCUT2D eigenvalue weighted by atomic mass is 28.3. The van der Waals surface area contributed by atoms with E-state index in [0.717, 1.165) is 0 Å². The average molecular weight is 280 g/mol. The van der Waals surface area contributed by atoms with Gasteiger partial charge in [-0.15, -0.1) is 0 Å². The molecule has 0 spiro atoms. The number of benzene rings is 1. The molecule has 106 valence electrons. The fourth-order valence-electron chi connectivity index (χ4n) is 1.94. The Balaban J connectivity index is 2.71. The Morgan fingerprint density at radius 1 is 1.26 bits per heavy atom. The maximum absolute atomic E-state index is 11.8. The van der Waals surface area contributed by atoms with E-state index in [1.165, 1.54) is 5.19 Å². The molecule has 19 heavy (non-hydrogen) atoms. The largest absolute Gasteiger partial charge is 0.458 e. The molecule has 0 saturated carbocycles. The minimum atomic E-state index is -1.83. The van der Waals surface area contributed by atoms with Crippen molar-refractivity contribution in [3.8, 4) is 0 Å². The van der Waals surface area contributed by atoms with Crippen molar-refractivity contribution >= 4 is 19.2 Å². The maximum atomic E-state index is 11.8. The van der Waals surface area contributed by atoms with Crippen LogP contribution in [0.3, 0.4) is 0 Å². The molecule has 0 aromatic heterocycles. The monoisotopic (exact) mass is 280 g/mol. The molecule has 0 amide bonds. The van der Waals surface area contributed by atoms with Gasteiger partial charge in [0.25, 0.3) is 0 Å². The summed E-state index contributed by atoms with van der Waals surface area (Å²) in [5, 5.41) is 11.3. The highest BCUT2D eigenvalue weighted by molar-refractivity contribution is 6.90. The molecule has 0 aliphatic heterocycles. The lowest BCUT2D eigenvalue weighted by Crippen LogP contribution is -2.46. The van der Waals surface area contributed by atoms with E-state index in [0.29, 0.717) is 6.04 Å². The summed E-state index contributed by atoms with van der Waals surface area (Å²) < 4.78 is 5.21. The molecule has 0 radical (unpaired) electrons. The van der Waals surface area contributed by atoms with E-state index in [1.54, 1.807) is 20.8 Å². The van der Waals surface area contributed by atoms with Crippen LogP contribution in [0.5, 0.6) is 0 Å². The van der Waals surface area contributed by atoms with Gasteiger partial charge >= 0.3 is 5.97 Å². The summed E-state index contributed by atoms with van der Waals surface area (Å²) in [6, 6.07) is 10.6. The fraction of sp³-hybridized carbons (Fsp3) is 0.533. The molecular formula is C15H24O3Si. The first kappa shape index (κ1) is 15.9. The number of hydrogen-bond donors (Lipinski definition) is 1. The Kier molecular flexibility index (Phi) is 4.93. The zero-order valence-electron chi connectivity index (χ0n) is 12.4. The molecule has 1 aromatic rings. The Morgan fingerprint density at radius 3 is 2.26 bits per heavy atom. The van der Waals surface area contributed by atoms with Gasteiger partial charge in [0.05, 0.1) is 8.07 Å². The molecular weight excluding hydrogens is 256 g/mol. The van der Waals surface area contributed by atoms with Crippen LogP contribution in [0.4, 0.5) is 0 Å². The van der Waals surface area contributed by atoms with Gasteiger partial charge in [-0.25, -0.2) is 4.79 Å². The zero-order valence-corrected chi connectivity index (χ0v) is 13.4. The molecule has 1 aromatic carbocycles. The smallest absolute Gasteiger partial charge is 0.335 e. The highest BCUT2D eigenvalue weighted by Gasteiger charge is 2.32. The van der Waals surface area contributed by atoms with E-state index in [4.69, 9.17) is 4.74 Å². The molecule has 0 saturated heterocycles. The number of rotatable bonds is 4. The van der Waals surface area contributed by atoms with Crippen LogP contribution in [0.2, 0.25) is 19.1 Å². The summed E-state index contributed by atoms with van der Waals surface area (Å²) in [7, 11) is -1.83. The summed E-state index contributed by atoms with van der Waals surface area (Å²) in [5.41, 5.74) is -0.559. The van der Waals surface area contributed by atoms with Gasteiger partial charge < -0.3 is 9.84 Å². The van der Waals surface area contributed by atoms with Crippen molar-refractivity contribution in [1.82, 2.24) is 0 Å². The molecule has 0 aliphatic rings. The van der Waals surface area contributed by atoms with Gasteiger partial charge in [-0.3, -0.25) is 0 Å². The second-order valence-electron chi connectivity index (χ2n) is 6.50. The standard InChI is InChI=1S/C15H24O3Si/c1-15(2,3)18-14(17)13(16)11-19(4,5)12-9-7-6-8-10-12/h6-10,13,16H,11H2,1-5H3. The van der Waals surface area contributed by atoms with E-state index in [2.05, 4.69) is 25.2 Å². The van der Waals surface area contributed by atoms with E-state index >= 15 is 0 Å². The van der Waals surface area contributed by atoms with Crippen LogP contribution < -0.4 is 5.19 Å². The predicted octanol–water partition coefficient (Wildman–Crippen LogP) is 2.30. The number of esters is 1. The maximum Gasteiger partial charge on any atom is 0.335 e. The van der Waals surface area contributed by atoms with Crippen molar-refractivity contribution in [3.63, 3.8) is 0 Å². The molecule has 0 heterocycles. The van der Waals surface area contributed by atoms with Crippen molar-refractivity contribution < 1.29 is 14.6 Å². The third-order valence-corrected chi connectivity index (χ3v) is 6.24. The number of ether oxygens (including phenoxy) is 1. The van der Waals surface area contributed by atoms with Crippen LogP contribution in [0.15, 0.2) is 30.3 Å². The van der Waals surface area contributed by atoms with Crippen molar-refractivity contribution in [2.75, 3.05) is 0 Å². The minimum Gasteiger partial charge on any atom is -0.458 e. The van der Waals surface area contributed by atoms with E-state index in [-0.39, 0.29) is 0 Å². The van der Waals surface area contributed by atoms with Gasteiger partial charge in [-0.2, -0.15) is 0 Å². The number of aliphatic hydroxyl groups is 1. The second kappa shape index (κ2) is 5.88. The van der Waals surface area contributed by atoms with Gasteiger partial charge in [-0.1, -0.05) is 48.6 Å². The lowest BCUT2D eigenvalue weighted by molar-refractivity contribution is -0.163. The number of aliphatic hydroxyl groups excluding tert-OH is 1. The quantitative estimate of drug-likeness (QED) is 0.680. The first-order valence-electron chi connectivity index (χ1n) is 6.58. The fourth-order valence-corrected chi connectivity index (χ4v) is 4.41. The Hall–Kier alpha value is -1.13. The van der Waals surface area contributed by atoms with E-state index in [9.17, 15) is 9.90 Å². The summed E-state index contributed by atoms with van der Waals surface area (Å²) in [5.74, 6) is -0.524. The molecule has 4 heteroatoms. The molecule has 0 aliphatic carbocycles. The summed E-state index contributed by atoms with van der Waals surface area (Å²) in [4.78, 5) is 11.8. The van der Waals surface area contributed by atoms with Crippen LogP contribution in [0, 0.1) is 0 Å². The van der Waals surface area contributed by atoms with Gasteiger partial charge in [0.15, 0.2) is 0 Å². The van der Waals surface area contributed by atoms with Gasteiger partial charge in [0.1, 0.15) is 11.7 Å². The summed E-state index contributed by atoms with van der Waals surface area (Å²) in [6.45, 7) is 9.71. The van der Waals surface area contributed by atoms with Crippen LogP contribution in [0.1, 0.15) is 20.8 Å². The molecule has 1 unspecified atom stereocenters.